The third kappa shape index (κ3) is 3.53. The lowest BCUT2D eigenvalue weighted by atomic mass is 10.2. The van der Waals surface area contributed by atoms with Crippen LogP contribution >= 0.6 is 0 Å². The van der Waals surface area contributed by atoms with Gasteiger partial charge in [0.25, 0.3) is 5.91 Å². The first-order valence-corrected chi connectivity index (χ1v) is 7.82. The number of hydrogen-bond acceptors (Lipinski definition) is 4. The second-order valence-electron chi connectivity index (χ2n) is 5.65. The van der Waals surface area contributed by atoms with Crippen LogP contribution in [0.15, 0.2) is 48.7 Å². The summed E-state index contributed by atoms with van der Waals surface area (Å²) in [5.74, 6) is -0.842. The van der Waals surface area contributed by atoms with Crippen molar-refractivity contribution < 1.29 is 19.4 Å². The normalized spacial score (nSPS) is 16.8. The zero-order valence-electron chi connectivity index (χ0n) is 13.1. The Morgan fingerprint density at radius 1 is 1.21 bits per heavy atom. The molecule has 124 valence electrons. The molecule has 2 aromatic rings. The van der Waals surface area contributed by atoms with Gasteiger partial charge in [0, 0.05) is 18.8 Å². The summed E-state index contributed by atoms with van der Waals surface area (Å²) in [6, 6.07) is 12.2. The van der Waals surface area contributed by atoms with Crippen molar-refractivity contribution in [2.24, 2.45) is 0 Å². The topological polar surface area (TPSA) is 79.7 Å². The van der Waals surface area contributed by atoms with E-state index >= 15 is 0 Å². The number of carboxylic acid groups (broad SMARTS) is 1. The Hall–Kier alpha value is -2.89. The Bertz CT molecular complexity index is 716. The zero-order chi connectivity index (χ0) is 16.9. The van der Waals surface area contributed by atoms with E-state index in [-0.39, 0.29) is 5.91 Å². The van der Waals surface area contributed by atoms with Crippen LogP contribution in [-0.4, -0.2) is 39.5 Å². The van der Waals surface area contributed by atoms with Gasteiger partial charge in [-0.25, -0.2) is 9.78 Å². The van der Waals surface area contributed by atoms with Crippen molar-refractivity contribution in [3.8, 4) is 5.88 Å². The summed E-state index contributed by atoms with van der Waals surface area (Å²) in [6.45, 7) is 0.858. The Morgan fingerprint density at radius 2 is 2.00 bits per heavy atom. The molecule has 1 atom stereocenters. The summed E-state index contributed by atoms with van der Waals surface area (Å²) in [5, 5.41) is 9.17. The van der Waals surface area contributed by atoms with Crippen LogP contribution < -0.4 is 4.74 Å². The maximum absolute atomic E-state index is 12.4. The second-order valence-corrected chi connectivity index (χ2v) is 5.65. The molecule has 1 aromatic carbocycles. The van der Waals surface area contributed by atoms with Crippen molar-refractivity contribution in [2.75, 3.05) is 6.54 Å². The van der Waals surface area contributed by atoms with Gasteiger partial charge in [-0.2, -0.15) is 0 Å². The standard InChI is InChI=1S/C18H18N2O4/c21-17(20-10-4-7-15(20)18(22)23)14-8-9-16(19-11-14)24-12-13-5-2-1-3-6-13/h1-3,5-6,8-9,11,15H,4,7,10,12H2,(H,22,23). The molecule has 24 heavy (non-hydrogen) atoms. The molecule has 1 unspecified atom stereocenters. The first-order chi connectivity index (χ1) is 11.6. The maximum Gasteiger partial charge on any atom is 0.326 e. The third-order valence-corrected chi connectivity index (χ3v) is 4.01. The molecular formula is C18H18N2O4. The lowest BCUT2D eigenvalue weighted by molar-refractivity contribution is -0.141. The molecule has 6 nitrogen and oxygen atoms in total. The van der Waals surface area contributed by atoms with E-state index < -0.39 is 12.0 Å². The molecule has 0 saturated carbocycles. The minimum absolute atomic E-state index is 0.304. The average molecular weight is 326 g/mol. The van der Waals surface area contributed by atoms with Crippen molar-refractivity contribution in [3.63, 3.8) is 0 Å². The van der Waals surface area contributed by atoms with Gasteiger partial charge in [-0.15, -0.1) is 0 Å². The molecule has 0 aliphatic carbocycles. The quantitative estimate of drug-likeness (QED) is 0.912. The number of benzene rings is 1. The maximum atomic E-state index is 12.4. The molecule has 2 heterocycles. The van der Waals surface area contributed by atoms with Crippen molar-refractivity contribution in [2.45, 2.75) is 25.5 Å². The molecule has 0 radical (unpaired) electrons. The Kier molecular flexibility index (Phi) is 4.74. The van der Waals surface area contributed by atoms with Gasteiger partial charge in [-0.3, -0.25) is 4.79 Å². The summed E-state index contributed by atoms with van der Waals surface area (Å²) in [4.78, 5) is 29.2. The molecule has 1 aromatic heterocycles. The number of carboxylic acids is 1. The molecule has 3 rings (SSSR count). The van der Waals surface area contributed by atoms with Crippen molar-refractivity contribution in [1.82, 2.24) is 9.88 Å². The average Bonchev–Trinajstić information content (AvgIpc) is 3.11. The first kappa shape index (κ1) is 16.0. The molecule has 0 bridgehead atoms. The van der Waals surface area contributed by atoms with Crippen LogP contribution in [-0.2, 0) is 11.4 Å². The number of likely N-dealkylation sites (tertiary alicyclic amines) is 1. The van der Waals surface area contributed by atoms with Gasteiger partial charge in [0.05, 0.1) is 5.56 Å². The number of aliphatic carboxylic acids is 1. The van der Waals surface area contributed by atoms with Gasteiger partial charge in [0.1, 0.15) is 12.6 Å². The minimum Gasteiger partial charge on any atom is -0.480 e. The molecule has 1 fully saturated rings. The van der Waals surface area contributed by atoms with E-state index in [1.165, 1.54) is 11.1 Å². The molecule has 6 heteroatoms. The van der Waals surface area contributed by atoms with Crippen LogP contribution in [0.3, 0.4) is 0 Å². The number of rotatable bonds is 5. The van der Waals surface area contributed by atoms with E-state index in [9.17, 15) is 14.7 Å². The molecule has 1 amide bonds. The zero-order valence-corrected chi connectivity index (χ0v) is 13.1. The van der Waals surface area contributed by atoms with E-state index in [4.69, 9.17) is 4.74 Å². The van der Waals surface area contributed by atoms with Crippen LogP contribution in [0.1, 0.15) is 28.8 Å². The Balaban J connectivity index is 1.63. The number of amides is 1. The smallest absolute Gasteiger partial charge is 0.326 e. The predicted octanol–water partition coefficient (Wildman–Crippen LogP) is 2.35. The van der Waals surface area contributed by atoms with Crippen LogP contribution in [0.4, 0.5) is 0 Å². The number of ether oxygens (including phenoxy) is 1. The molecule has 0 spiro atoms. The van der Waals surface area contributed by atoms with E-state index in [1.807, 2.05) is 30.3 Å². The number of carbonyl (C=O) groups is 2. The predicted molar refractivity (Wildman–Crippen MR) is 86.7 cm³/mol. The van der Waals surface area contributed by atoms with Gasteiger partial charge in [0.15, 0.2) is 0 Å². The fraction of sp³-hybridized carbons (Fsp3) is 0.278. The number of carbonyl (C=O) groups excluding carboxylic acids is 1. The second kappa shape index (κ2) is 7.12. The Morgan fingerprint density at radius 3 is 2.67 bits per heavy atom. The van der Waals surface area contributed by atoms with E-state index in [2.05, 4.69) is 4.98 Å². The highest BCUT2D eigenvalue weighted by Crippen LogP contribution is 2.21. The summed E-state index contributed by atoms with van der Waals surface area (Å²) in [7, 11) is 0. The molecule has 1 aliphatic rings. The third-order valence-electron chi connectivity index (χ3n) is 4.01. The first-order valence-electron chi connectivity index (χ1n) is 7.82. The van der Waals surface area contributed by atoms with Crippen LogP contribution in [0.2, 0.25) is 0 Å². The highest BCUT2D eigenvalue weighted by molar-refractivity contribution is 5.96. The lowest BCUT2D eigenvalue weighted by Crippen LogP contribution is -2.40. The van der Waals surface area contributed by atoms with E-state index in [0.717, 1.165) is 5.56 Å². The number of hydrogen-bond donors (Lipinski definition) is 1. The number of pyridine rings is 1. The summed E-state index contributed by atoms with van der Waals surface area (Å²) in [6.07, 6.45) is 2.63. The van der Waals surface area contributed by atoms with Crippen molar-refractivity contribution in [3.05, 3.63) is 59.8 Å². The molecule has 1 N–H and O–H groups in total. The van der Waals surface area contributed by atoms with Gasteiger partial charge < -0.3 is 14.7 Å². The van der Waals surface area contributed by atoms with Gasteiger partial charge >= 0.3 is 5.97 Å². The number of nitrogens with zero attached hydrogens (tertiary/aromatic N) is 2. The van der Waals surface area contributed by atoms with Gasteiger partial charge in [0.2, 0.25) is 5.88 Å². The fourth-order valence-electron chi connectivity index (χ4n) is 2.76. The minimum atomic E-state index is -0.961. The summed E-state index contributed by atoms with van der Waals surface area (Å²) >= 11 is 0. The lowest BCUT2D eigenvalue weighted by Gasteiger charge is -2.21. The van der Waals surface area contributed by atoms with E-state index in [1.54, 1.807) is 12.1 Å². The number of aromatic nitrogens is 1. The van der Waals surface area contributed by atoms with E-state index in [0.29, 0.717) is 37.4 Å². The monoisotopic (exact) mass is 326 g/mol. The summed E-state index contributed by atoms with van der Waals surface area (Å²) in [5.41, 5.74) is 1.40. The molecule has 1 saturated heterocycles. The van der Waals surface area contributed by atoms with Crippen molar-refractivity contribution in [1.29, 1.82) is 0 Å². The SMILES string of the molecule is O=C(O)C1CCCN1C(=O)c1ccc(OCc2ccccc2)nc1. The van der Waals surface area contributed by atoms with Crippen LogP contribution in [0.25, 0.3) is 0 Å². The highest BCUT2D eigenvalue weighted by Gasteiger charge is 2.34. The van der Waals surface area contributed by atoms with Crippen LogP contribution in [0.5, 0.6) is 5.88 Å². The van der Waals surface area contributed by atoms with Gasteiger partial charge in [-0.05, 0) is 24.5 Å². The Labute approximate surface area is 139 Å². The fourth-order valence-corrected chi connectivity index (χ4v) is 2.76. The molecular weight excluding hydrogens is 308 g/mol. The highest BCUT2D eigenvalue weighted by atomic mass is 16.5. The summed E-state index contributed by atoms with van der Waals surface area (Å²) < 4.78 is 5.58. The van der Waals surface area contributed by atoms with Crippen LogP contribution in [0, 0.1) is 0 Å². The molecule has 1 aliphatic heterocycles. The largest absolute Gasteiger partial charge is 0.480 e. The van der Waals surface area contributed by atoms with Crippen molar-refractivity contribution >= 4 is 11.9 Å². The van der Waals surface area contributed by atoms with Gasteiger partial charge in [-0.1, -0.05) is 30.3 Å².